The summed E-state index contributed by atoms with van der Waals surface area (Å²) < 4.78 is 0. The molecule has 0 aliphatic heterocycles. The molecule has 6 nitrogen and oxygen atoms in total. The summed E-state index contributed by atoms with van der Waals surface area (Å²) in [5.41, 5.74) is 15.8. The van der Waals surface area contributed by atoms with Crippen LogP contribution in [-0.2, 0) is 0 Å². The van der Waals surface area contributed by atoms with E-state index in [1.165, 1.54) is 0 Å². The van der Waals surface area contributed by atoms with Gasteiger partial charge < -0.3 is 0 Å². The lowest BCUT2D eigenvalue weighted by atomic mass is 9.88. The van der Waals surface area contributed by atoms with Gasteiger partial charge in [0, 0.05) is 50.3 Å². The van der Waals surface area contributed by atoms with Gasteiger partial charge in [0.2, 0.25) is 0 Å². The van der Waals surface area contributed by atoms with Gasteiger partial charge in [0.25, 0.3) is 0 Å². The highest BCUT2D eigenvalue weighted by Gasteiger charge is 2.19. The van der Waals surface area contributed by atoms with Crippen LogP contribution in [0.3, 0.4) is 0 Å². The lowest BCUT2D eigenvalue weighted by Gasteiger charge is -2.17. The zero-order chi connectivity index (χ0) is 41.8. The summed E-state index contributed by atoms with van der Waals surface area (Å²) in [6.45, 7) is 4.10. The van der Waals surface area contributed by atoms with Crippen molar-refractivity contribution in [3.63, 3.8) is 0 Å². The molecule has 0 aliphatic carbocycles. The largest absolute Gasteiger partial charge is 0.258 e. The fraction of sp³-hybridized carbons (Fsp3) is 0.0357. The molecule has 3 aromatic heterocycles. The number of rotatable bonds is 9. The summed E-state index contributed by atoms with van der Waals surface area (Å²) in [4.78, 5) is 30.2. The lowest BCUT2D eigenvalue weighted by Crippen LogP contribution is -2.01. The number of aromatic nitrogens is 6. The number of benzene rings is 7. The molecule has 0 fully saturated rings. The van der Waals surface area contributed by atoms with Crippen LogP contribution >= 0.6 is 0 Å². The number of nitrogens with zero attached hydrogens (tertiary/aromatic N) is 6. The van der Waals surface area contributed by atoms with Gasteiger partial charge in [0.05, 0.1) is 11.4 Å². The quantitative estimate of drug-likeness (QED) is 0.145. The van der Waals surface area contributed by atoms with Crippen molar-refractivity contribution in [2.45, 2.75) is 13.8 Å². The summed E-state index contributed by atoms with van der Waals surface area (Å²) in [6, 6.07) is 70.7. The predicted octanol–water partition coefficient (Wildman–Crippen LogP) is 13.7. The van der Waals surface area contributed by atoms with Crippen LogP contribution in [0.25, 0.3) is 101 Å². The standard InChI is InChI=1S/C56H40N6/c1-37-27-33-46(38(2)57-37)45-32-34-48(47-25-15-16-26-49(47)56-61-54(43-21-11-5-12-22-43)60-55(62-56)44-23-13-6-14-24-44)50(35-45)39-28-30-41(31-29-39)52-36-51(40-17-7-3-8-18-40)58-53(59-52)42-19-9-4-10-20-42/h3-36H,1-2H3. The SMILES string of the molecule is Cc1ccc(-c2ccc(-c3ccccc3-c3nc(-c4ccccc4)nc(-c4ccccc4)n3)c(-c3ccc(-c4cc(-c5ccccc5)nc(-c5ccccc5)n4)cc3)c2)c(C)n1. The highest BCUT2D eigenvalue weighted by molar-refractivity contribution is 5.93. The minimum Gasteiger partial charge on any atom is -0.258 e. The van der Waals surface area contributed by atoms with Crippen molar-refractivity contribution in [1.29, 1.82) is 0 Å². The zero-order valence-corrected chi connectivity index (χ0v) is 34.3. The molecule has 0 unspecified atom stereocenters. The van der Waals surface area contributed by atoms with Gasteiger partial charge in [-0.15, -0.1) is 0 Å². The van der Waals surface area contributed by atoms with Gasteiger partial charge in [-0.3, -0.25) is 4.98 Å². The summed E-state index contributed by atoms with van der Waals surface area (Å²) in [5.74, 6) is 2.52. The van der Waals surface area contributed by atoms with Crippen molar-refractivity contribution in [3.8, 4) is 101 Å². The van der Waals surface area contributed by atoms with E-state index in [-0.39, 0.29) is 0 Å². The van der Waals surface area contributed by atoms with Gasteiger partial charge in [0.15, 0.2) is 23.3 Å². The molecule has 10 aromatic rings. The average Bonchev–Trinajstić information content (AvgIpc) is 3.35. The van der Waals surface area contributed by atoms with Gasteiger partial charge in [-0.25, -0.2) is 24.9 Å². The first-order valence-corrected chi connectivity index (χ1v) is 20.7. The fourth-order valence-electron chi connectivity index (χ4n) is 7.91. The minimum absolute atomic E-state index is 0.601. The van der Waals surface area contributed by atoms with Crippen LogP contribution in [-0.4, -0.2) is 29.9 Å². The van der Waals surface area contributed by atoms with Crippen LogP contribution in [0.1, 0.15) is 11.4 Å². The third kappa shape index (κ3) is 7.81. The van der Waals surface area contributed by atoms with Gasteiger partial charge in [0.1, 0.15) is 0 Å². The van der Waals surface area contributed by atoms with Crippen LogP contribution in [0.15, 0.2) is 206 Å². The van der Waals surface area contributed by atoms with Crippen LogP contribution < -0.4 is 0 Å². The Balaban J connectivity index is 1.13. The van der Waals surface area contributed by atoms with Crippen molar-refractivity contribution in [2.24, 2.45) is 0 Å². The number of hydrogen-bond acceptors (Lipinski definition) is 6. The molecule has 6 heteroatoms. The first kappa shape index (κ1) is 38.0. The second-order valence-electron chi connectivity index (χ2n) is 15.2. The topological polar surface area (TPSA) is 77.3 Å². The molecule has 0 N–H and O–H groups in total. The number of aryl methyl sites for hydroxylation is 2. The maximum absolute atomic E-state index is 5.13. The van der Waals surface area contributed by atoms with Gasteiger partial charge >= 0.3 is 0 Å². The van der Waals surface area contributed by atoms with E-state index in [1.54, 1.807) is 0 Å². The maximum atomic E-state index is 5.13. The Morgan fingerprint density at radius 1 is 0.242 bits per heavy atom. The molecule has 294 valence electrons. The smallest absolute Gasteiger partial charge is 0.164 e. The Morgan fingerprint density at radius 2 is 0.645 bits per heavy atom. The van der Waals surface area contributed by atoms with Crippen molar-refractivity contribution in [1.82, 2.24) is 29.9 Å². The maximum Gasteiger partial charge on any atom is 0.164 e. The third-order valence-corrected chi connectivity index (χ3v) is 11.0. The van der Waals surface area contributed by atoms with Crippen molar-refractivity contribution >= 4 is 0 Å². The van der Waals surface area contributed by atoms with Gasteiger partial charge in [-0.05, 0) is 59.9 Å². The molecule has 0 spiro atoms. The molecule has 0 radical (unpaired) electrons. The van der Waals surface area contributed by atoms with E-state index < -0.39 is 0 Å². The van der Waals surface area contributed by atoms with Crippen LogP contribution in [0, 0.1) is 13.8 Å². The van der Waals surface area contributed by atoms with E-state index in [9.17, 15) is 0 Å². The predicted molar refractivity (Wildman–Crippen MR) is 252 cm³/mol. The summed E-state index contributed by atoms with van der Waals surface area (Å²) in [7, 11) is 0. The van der Waals surface area contributed by atoms with Gasteiger partial charge in [-0.1, -0.05) is 188 Å². The Hall–Kier alpha value is -8.22. The Morgan fingerprint density at radius 3 is 1.19 bits per heavy atom. The van der Waals surface area contributed by atoms with E-state index in [4.69, 9.17) is 29.9 Å². The molecule has 0 saturated heterocycles. The molecule has 0 saturated carbocycles. The second-order valence-corrected chi connectivity index (χ2v) is 15.2. The Bertz CT molecular complexity index is 3060. The summed E-state index contributed by atoms with van der Waals surface area (Å²) >= 11 is 0. The molecule has 62 heavy (non-hydrogen) atoms. The van der Waals surface area contributed by atoms with E-state index >= 15 is 0 Å². The minimum atomic E-state index is 0.601. The van der Waals surface area contributed by atoms with E-state index in [1.807, 2.05) is 110 Å². The molecule has 0 bridgehead atoms. The lowest BCUT2D eigenvalue weighted by molar-refractivity contribution is 1.07. The van der Waals surface area contributed by atoms with E-state index in [0.717, 1.165) is 89.5 Å². The van der Waals surface area contributed by atoms with Gasteiger partial charge in [-0.2, -0.15) is 0 Å². The first-order valence-electron chi connectivity index (χ1n) is 20.7. The Labute approximate surface area is 361 Å². The monoisotopic (exact) mass is 796 g/mol. The molecule has 10 rings (SSSR count). The second kappa shape index (κ2) is 16.8. The van der Waals surface area contributed by atoms with E-state index in [0.29, 0.717) is 23.3 Å². The summed E-state index contributed by atoms with van der Waals surface area (Å²) in [5, 5.41) is 0. The van der Waals surface area contributed by atoms with Crippen LogP contribution in [0.5, 0.6) is 0 Å². The first-order chi connectivity index (χ1) is 30.5. The van der Waals surface area contributed by atoms with Crippen LogP contribution in [0.2, 0.25) is 0 Å². The highest BCUT2D eigenvalue weighted by Crippen LogP contribution is 2.41. The third-order valence-electron chi connectivity index (χ3n) is 11.0. The molecular weight excluding hydrogens is 757 g/mol. The zero-order valence-electron chi connectivity index (χ0n) is 34.3. The molecule has 0 atom stereocenters. The van der Waals surface area contributed by atoms with Crippen molar-refractivity contribution in [3.05, 3.63) is 218 Å². The number of pyridine rings is 1. The fourth-order valence-corrected chi connectivity index (χ4v) is 7.91. The molecule has 7 aromatic carbocycles. The van der Waals surface area contributed by atoms with Crippen LogP contribution in [0.4, 0.5) is 0 Å². The van der Waals surface area contributed by atoms with Crippen molar-refractivity contribution in [2.75, 3.05) is 0 Å². The molecule has 0 amide bonds. The highest BCUT2D eigenvalue weighted by atomic mass is 15.0. The molecule has 3 heterocycles. The summed E-state index contributed by atoms with van der Waals surface area (Å²) in [6.07, 6.45) is 0. The average molecular weight is 797 g/mol. The normalized spacial score (nSPS) is 11.1. The Kier molecular flexibility index (Phi) is 10.3. The molecule has 0 aliphatic rings. The number of hydrogen-bond donors (Lipinski definition) is 0. The van der Waals surface area contributed by atoms with E-state index in [2.05, 4.69) is 110 Å². The molecular formula is C56H40N6. The van der Waals surface area contributed by atoms with Crippen molar-refractivity contribution < 1.29 is 0 Å².